The van der Waals surface area contributed by atoms with Gasteiger partial charge in [-0.3, -0.25) is 38.3 Å². The first-order chi connectivity index (χ1) is 41.8. The SMILES string of the molecule is CCOc1cc2nccc(Oc3ccc(NC(=O)c4cccn(-c5ccc(F)cc5)c4=O)c(Cl)c3)c2c2c1OCCO2.CCOc1ccn(-c2ccc(C)cc2)c(=O)c1C(=O)Nc1ccc(Oc2ccnc3cc(OC)c4c(c23)OCCO4)cc1Cl. The summed E-state index contributed by atoms with van der Waals surface area (Å²) in [6.07, 6.45) is 6.31. The number of carbonyl (C=O) groups is 2. The number of hydrogen-bond donors (Lipinski definition) is 2. The summed E-state index contributed by atoms with van der Waals surface area (Å²) in [5.41, 5.74) is 2.52. The fourth-order valence-electron chi connectivity index (χ4n) is 9.47. The minimum Gasteiger partial charge on any atom is -0.493 e. The van der Waals surface area contributed by atoms with Crippen LogP contribution in [0.4, 0.5) is 15.8 Å². The van der Waals surface area contributed by atoms with E-state index in [0.717, 1.165) is 5.56 Å². The van der Waals surface area contributed by atoms with E-state index in [4.69, 9.17) is 65.8 Å². The first-order valence-electron chi connectivity index (χ1n) is 26.9. The second kappa shape index (κ2) is 25.3. The molecule has 0 unspecified atom stereocenters. The molecule has 6 heterocycles. The molecule has 12 rings (SSSR count). The summed E-state index contributed by atoms with van der Waals surface area (Å²) in [6.45, 7) is 7.86. The van der Waals surface area contributed by atoms with Crippen LogP contribution in [0.25, 0.3) is 33.2 Å². The van der Waals surface area contributed by atoms with Gasteiger partial charge in [-0.2, -0.15) is 0 Å². The molecule has 436 valence electrons. The average molecular weight is 1200 g/mol. The summed E-state index contributed by atoms with van der Waals surface area (Å²) in [4.78, 5) is 62.0. The quantitative estimate of drug-likeness (QED) is 0.0977. The lowest BCUT2D eigenvalue weighted by Gasteiger charge is -2.23. The highest BCUT2D eigenvalue weighted by atomic mass is 35.5. The molecule has 2 aliphatic rings. The maximum Gasteiger partial charge on any atom is 0.271 e. The highest BCUT2D eigenvalue weighted by molar-refractivity contribution is 6.34. The van der Waals surface area contributed by atoms with Gasteiger partial charge < -0.3 is 53.3 Å². The van der Waals surface area contributed by atoms with Crippen LogP contribution in [0.5, 0.6) is 63.2 Å². The standard InChI is InChI=1S/C33H28ClN3O7.C31H23ClFN3O6/c1-4-41-25-12-14-37(20-7-5-19(2)6-8-20)33(39)29(25)32(38)36-23-10-9-21(17-22(23)34)44-26-11-13-35-24-18-27(40-3)30-31(28(24)26)43-16-15-42-30;1-2-39-26-17-24-27(29-28(26)40-14-15-41-29)25(11-12-34-24)42-20-9-10-23(22(32)16-20)35-30(37)21-4-3-13-36(31(21)38)19-7-5-18(33)6-8-19/h5-14,17-18H,4,15-16H2,1-3H3,(H,36,38);3-13,16-17H,2,14-15H2,1H3,(H,35,37). The third kappa shape index (κ3) is 11.9. The number of carbonyl (C=O) groups excluding carboxylic acids is 2. The summed E-state index contributed by atoms with van der Waals surface area (Å²) in [6, 6.07) is 33.8. The Kier molecular flexibility index (Phi) is 16.9. The van der Waals surface area contributed by atoms with Crippen LogP contribution in [0.3, 0.4) is 0 Å². The summed E-state index contributed by atoms with van der Waals surface area (Å²) >= 11 is 13.1. The number of ether oxygens (including phenoxy) is 9. The highest BCUT2D eigenvalue weighted by Gasteiger charge is 2.27. The second-order valence-electron chi connectivity index (χ2n) is 19.0. The van der Waals surface area contributed by atoms with Crippen LogP contribution in [0.1, 0.15) is 40.1 Å². The lowest BCUT2D eigenvalue weighted by Crippen LogP contribution is -2.29. The van der Waals surface area contributed by atoms with Gasteiger partial charge in [-0.1, -0.05) is 40.9 Å². The van der Waals surface area contributed by atoms with Gasteiger partial charge in [0, 0.05) is 60.4 Å². The predicted molar refractivity (Wildman–Crippen MR) is 322 cm³/mol. The molecule has 6 aromatic carbocycles. The first kappa shape index (κ1) is 57.5. The number of methoxy groups -OCH3 is 1. The molecule has 4 aromatic heterocycles. The molecule has 86 heavy (non-hydrogen) atoms. The van der Waals surface area contributed by atoms with Crippen molar-refractivity contribution in [3.63, 3.8) is 0 Å². The fraction of sp³-hybridized carbons (Fsp3) is 0.156. The molecule has 2 N–H and O–H groups in total. The Hall–Kier alpha value is -10.3. The number of nitrogens with zero attached hydrogens (tertiary/aromatic N) is 4. The lowest BCUT2D eigenvalue weighted by molar-refractivity contribution is 0.101. The number of pyridine rings is 4. The number of aromatic nitrogens is 4. The fourth-order valence-corrected chi connectivity index (χ4v) is 9.90. The third-order valence-corrected chi connectivity index (χ3v) is 14.1. The van der Waals surface area contributed by atoms with E-state index in [1.54, 1.807) is 105 Å². The van der Waals surface area contributed by atoms with E-state index in [2.05, 4.69) is 20.6 Å². The number of nitrogens with one attached hydrogen (secondary N) is 2. The van der Waals surface area contributed by atoms with Crippen LogP contribution in [0.15, 0.2) is 162 Å². The van der Waals surface area contributed by atoms with E-state index in [1.807, 2.05) is 38.1 Å². The zero-order valence-electron chi connectivity index (χ0n) is 46.4. The van der Waals surface area contributed by atoms with Gasteiger partial charge in [0.2, 0.25) is 11.5 Å². The van der Waals surface area contributed by atoms with Crippen LogP contribution < -0.4 is 64.4 Å². The molecule has 22 heteroatoms. The number of amides is 2. The van der Waals surface area contributed by atoms with E-state index in [9.17, 15) is 23.6 Å². The molecule has 19 nitrogen and oxygen atoms in total. The Labute approximate surface area is 499 Å². The largest absolute Gasteiger partial charge is 0.493 e. The number of aryl methyl sites for hydroxylation is 1. The van der Waals surface area contributed by atoms with E-state index < -0.39 is 28.8 Å². The Balaban J connectivity index is 0.000000179. The van der Waals surface area contributed by atoms with Crippen molar-refractivity contribution >= 4 is 68.2 Å². The number of halogens is 3. The molecule has 2 aliphatic heterocycles. The van der Waals surface area contributed by atoms with E-state index in [-0.39, 0.29) is 44.9 Å². The minimum atomic E-state index is -0.659. The minimum absolute atomic E-state index is 0.111. The van der Waals surface area contributed by atoms with Gasteiger partial charge in [0.15, 0.2) is 23.0 Å². The molecule has 0 bridgehead atoms. The molecule has 0 aliphatic carbocycles. The Bertz CT molecular complexity index is 4370. The lowest BCUT2D eigenvalue weighted by atomic mass is 10.1. The summed E-state index contributed by atoms with van der Waals surface area (Å²) in [5.74, 6) is 3.13. The summed E-state index contributed by atoms with van der Waals surface area (Å²) < 4.78 is 68.7. The number of fused-ring (bicyclic) bond motifs is 6. The molecule has 0 saturated heterocycles. The summed E-state index contributed by atoms with van der Waals surface area (Å²) in [5, 5.41) is 7.05. The molecule has 0 atom stereocenters. The van der Waals surface area contributed by atoms with Crippen LogP contribution in [-0.2, 0) is 0 Å². The molecule has 0 spiro atoms. The van der Waals surface area contributed by atoms with Crippen molar-refractivity contribution in [1.82, 2.24) is 19.1 Å². The van der Waals surface area contributed by atoms with Crippen LogP contribution in [0, 0.1) is 12.7 Å². The van der Waals surface area contributed by atoms with Crippen molar-refractivity contribution in [2.45, 2.75) is 20.8 Å². The topological polar surface area (TPSA) is 211 Å². The Morgan fingerprint density at radius 1 is 0.570 bits per heavy atom. The molecule has 0 saturated carbocycles. The smallest absolute Gasteiger partial charge is 0.271 e. The zero-order chi connectivity index (χ0) is 60.0. The van der Waals surface area contributed by atoms with Crippen molar-refractivity contribution in [3.05, 3.63) is 205 Å². The van der Waals surface area contributed by atoms with Crippen molar-refractivity contribution in [1.29, 1.82) is 0 Å². The number of hydrogen-bond acceptors (Lipinski definition) is 15. The highest BCUT2D eigenvalue weighted by Crippen LogP contribution is 2.50. The van der Waals surface area contributed by atoms with Crippen LogP contribution >= 0.6 is 23.2 Å². The third-order valence-electron chi connectivity index (χ3n) is 13.4. The van der Waals surface area contributed by atoms with Crippen molar-refractivity contribution in [3.8, 4) is 74.6 Å². The molecular weight excluding hydrogens is 1150 g/mol. The molecule has 0 fully saturated rings. The van der Waals surface area contributed by atoms with Gasteiger partial charge in [-0.25, -0.2) is 4.39 Å². The maximum absolute atomic E-state index is 13.5. The summed E-state index contributed by atoms with van der Waals surface area (Å²) in [7, 11) is 1.55. The van der Waals surface area contributed by atoms with Crippen molar-refractivity contribution in [2.24, 2.45) is 0 Å². The van der Waals surface area contributed by atoms with Gasteiger partial charge in [0.05, 0.1) is 63.5 Å². The van der Waals surface area contributed by atoms with E-state index in [1.165, 1.54) is 45.7 Å². The molecule has 10 aromatic rings. The normalized spacial score (nSPS) is 12.1. The van der Waals surface area contributed by atoms with Gasteiger partial charge in [-0.05, 0) is 112 Å². The molecule has 2 amide bonds. The van der Waals surface area contributed by atoms with Crippen LogP contribution in [0.2, 0.25) is 10.0 Å². The maximum atomic E-state index is 13.5. The predicted octanol–water partition coefficient (Wildman–Crippen LogP) is 13.0. The molecule has 0 radical (unpaired) electrons. The number of anilines is 2. The van der Waals surface area contributed by atoms with E-state index in [0.29, 0.717) is 124 Å². The monoisotopic (exact) mass is 1200 g/mol. The van der Waals surface area contributed by atoms with Gasteiger partial charge in [0.1, 0.15) is 72.1 Å². The van der Waals surface area contributed by atoms with Gasteiger partial charge >= 0.3 is 0 Å². The van der Waals surface area contributed by atoms with Crippen LogP contribution in [-0.4, -0.2) is 77.7 Å². The van der Waals surface area contributed by atoms with Gasteiger partial charge in [0.25, 0.3) is 22.9 Å². The molecular formula is C64H51Cl2FN6O13. The van der Waals surface area contributed by atoms with Crippen molar-refractivity contribution < 1.29 is 56.6 Å². The average Bonchev–Trinajstić information content (AvgIpc) is 1.39. The first-order valence-corrected chi connectivity index (χ1v) is 27.7. The Morgan fingerprint density at radius 3 is 1.62 bits per heavy atom. The van der Waals surface area contributed by atoms with Crippen molar-refractivity contribution in [2.75, 3.05) is 57.4 Å². The number of benzene rings is 6. The Morgan fingerprint density at radius 2 is 1.07 bits per heavy atom. The second-order valence-corrected chi connectivity index (χ2v) is 19.8. The van der Waals surface area contributed by atoms with Gasteiger partial charge in [-0.15, -0.1) is 0 Å². The van der Waals surface area contributed by atoms with E-state index >= 15 is 0 Å². The zero-order valence-corrected chi connectivity index (χ0v) is 47.9. The number of rotatable bonds is 15.